The molecule has 4 heteroatoms. The van der Waals surface area contributed by atoms with Crippen LogP contribution < -0.4 is 10.6 Å². The molecule has 3 aliphatic rings. The van der Waals surface area contributed by atoms with Crippen molar-refractivity contribution in [3.63, 3.8) is 0 Å². The zero-order valence-electron chi connectivity index (χ0n) is 15.3. The Hall–Kier alpha value is -2.59. The molecule has 2 atom stereocenters. The van der Waals surface area contributed by atoms with Crippen LogP contribution in [0.2, 0.25) is 0 Å². The van der Waals surface area contributed by atoms with Crippen LogP contribution in [-0.4, -0.2) is 31.3 Å². The van der Waals surface area contributed by atoms with Crippen LogP contribution in [0.3, 0.4) is 0 Å². The minimum absolute atomic E-state index is 0.108. The average molecular weight is 360 g/mol. The molecule has 0 spiro atoms. The van der Waals surface area contributed by atoms with Crippen molar-refractivity contribution in [2.24, 2.45) is 0 Å². The van der Waals surface area contributed by atoms with Crippen molar-refractivity contribution < 1.29 is 9.53 Å². The second kappa shape index (κ2) is 6.86. The fraction of sp³-hybridized carbons (Fsp3) is 0.348. The lowest BCUT2D eigenvalue weighted by molar-refractivity contribution is 0.143. The lowest BCUT2D eigenvalue weighted by Gasteiger charge is -2.21. The van der Waals surface area contributed by atoms with Crippen molar-refractivity contribution in [1.82, 2.24) is 10.6 Å². The molecule has 2 aliphatic heterocycles. The number of ether oxygens (including phenoxy) is 1. The van der Waals surface area contributed by atoms with Gasteiger partial charge in [-0.05, 0) is 41.5 Å². The van der Waals surface area contributed by atoms with Crippen molar-refractivity contribution in [2.45, 2.75) is 37.3 Å². The van der Waals surface area contributed by atoms with Gasteiger partial charge in [-0.25, -0.2) is 4.79 Å². The first-order valence-corrected chi connectivity index (χ1v) is 9.82. The maximum Gasteiger partial charge on any atom is 0.407 e. The van der Waals surface area contributed by atoms with Gasteiger partial charge in [0.25, 0.3) is 0 Å². The SMILES string of the molecule is O=C(NCC1=CC2CCC(C1)N2)OCC1c2ccccc2-c2ccccc21. The van der Waals surface area contributed by atoms with Crippen molar-refractivity contribution in [3.05, 3.63) is 71.3 Å². The van der Waals surface area contributed by atoms with E-state index in [-0.39, 0.29) is 12.0 Å². The van der Waals surface area contributed by atoms with Crippen LogP contribution >= 0.6 is 0 Å². The largest absolute Gasteiger partial charge is 0.449 e. The zero-order valence-corrected chi connectivity index (χ0v) is 15.3. The summed E-state index contributed by atoms with van der Waals surface area (Å²) in [5.41, 5.74) is 6.29. The van der Waals surface area contributed by atoms with E-state index >= 15 is 0 Å². The molecule has 4 nitrogen and oxygen atoms in total. The number of rotatable bonds is 4. The molecule has 1 saturated heterocycles. The predicted octanol–water partition coefficient (Wildman–Crippen LogP) is 3.98. The summed E-state index contributed by atoms with van der Waals surface area (Å²) in [5.74, 6) is 0.108. The smallest absolute Gasteiger partial charge is 0.407 e. The molecule has 2 unspecified atom stereocenters. The fourth-order valence-electron chi connectivity index (χ4n) is 4.78. The Bertz CT molecular complexity index is 859. The van der Waals surface area contributed by atoms with Gasteiger partial charge in [0.2, 0.25) is 0 Å². The maximum atomic E-state index is 12.3. The van der Waals surface area contributed by atoms with Crippen LogP contribution in [0.4, 0.5) is 4.79 Å². The molecule has 0 saturated carbocycles. The zero-order chi connectivity index (χ0) is 18.2. The topological polar surface area (TPSA) is 50.4 Å². The van der Waals surface area contributed by atoms with E-state index in [1.165, 1.54) is 40.7 Å². The quantitative estimate of drug-likeness (QED) is 0.811. The molecule has 0 radical (unpaired) electrons. The van der Waals surface area contributed by atoms with E-state index in [2.05, 4.69) is 65.2 Å². The minimum Gasteiger partial charge on any atom is -0.449 e. The molecule has 1 amide bonds. The Morgan fingerprint density at radius 1 is 1.04 bits per heavy atom. The number of alkyl carbamates (subject to hydrolysis) is 1. The van der Waals surface area contributed by atoms with Gasteiger partial charge in [-0.15, -0.1) is 0 Å². The van der Waals surface area contributed by atoms with Gasteiger partial charge >= 0.3 is 6.09 Å². The monoisotopic (exact) mass is 360 g/mol. The van der Waals surface area contributed by atoms with Crippen molar-refractivity contribution in [1.29, 1.82) is 0 Å². The number of amides is 1. The molecule has 1 aliphatic carbocycles. The van der Waals surface area contributed by atoms with Crippen LogP contribution in [-0.2, 0) is 4.74 Å². The van der Waals surface area contributed by atoms with Crippen LogP contribution in [0.15, 0.2) is 60.2 Å². The Morgan fingerprint density at radius 3 is 2.44 bits per heavy atom. The molecular formula is C23H24N2O2. The first-order chi connectivity index (χ1) is 13.3. The molecule has 2 heterocycles. The van der Waals surface area contributed by atoms with Gasteiger partial charge in [0.15, 0.2) is 0 Å². The summed E-state index contributed by atoms with van der Waals surface area (Å²) in [5, 5.41) is 6.50. The average Bonchev–Trinajstić information content (AvgIpc) is 3.21. The Labute approximate surface area is 159 Å². The molecule has 2 N–H and O–H groups in total. The number of benzene rings is 2. The summed E-state index contributed by atoms with van der Waals surface area (Å²) < 4.78 is 5.61. The highest BCUT2D eigenvalue weighted by molar-refractivity contribution is 5.79. The van der Waals surface area contributed by atoms with E-state index in [1.54, 1.807) is 0 Å². The van der Waals surface area contributed by atoms with E-state index in [9.17, 15) is 4.79 Å². The van der Waals surface area contributed by atoms with Gasteiger partial charge < -0.3 is 15.4 Å². The predicted molar refractivity (Wildman–Crippen MR) is 106 cm³/mol. The standard InChI is InChI=1S/C23H24N2O2/c26-23(24-13-15-11-16-9-10-17(12-15)25-16)27-14-22-20-7-3-1-5-18(20)19-6-2-4-8-21(19)22/h1-8,11,16-17,22,25H,9-10,12-14H2,(H,24,26). The van der Waals surface area contributed by atoms with E-state index in [0.29, 0.717) is 25.2 Å². The van der Waals surface area contributed by atoms with Crippen molar-refractivity contribution >= 4 is 6.09 Å². The Kier molecular flexibility index (Phi) is 4.21. The third kappa shape index (κ3) is 3.15. The maximum absolute atomic E-state index is 12.3. The second-order valence-corrected chi connectivity index (χ2v) is 7.76. The van der Waals surface area contributed by atoms with Gasteiger partial charge in [0.05, 0.1) is 0 Å². The highest BCUT2D eigenvalue weighted by Crippen LogP contribution is 2.44. The van der Waals surface area contributed by atoms with Crippen molar-refractivity contribution in [2.75, 3.05) is 13.2 Å². The van der Waals surface area contributed by atoms with E-state index < -0.39 is 0 Å². The number of hydrogen-bond donors (Lipinski definition) is 2. The van der Waals surface area contributed by atoms with Gasteiger partial charge in [0.1, 0.15) is 6.61 Å². The Balaban J connectivity index is 1.22. The van der Waals surface area contributed by atoms with Crippen LogP contribution in [0.1, 0.15) is 36.3 Å². The summed E-state index contributed by atoms with van der Waals surface area (Å²) in [6, 6.07) is 17.9. The Morgan fingerprint density at radius 2 is 1.74 bits per heavy atom. The molecule has 2 aromatic rings. The first-order valence-electron chi connectivity index (χ1n) is 9.82. The van der Waals surface area contributed by atoms with Crippen LogP contribution in [0.25, 0.3) is 11.1 Å². The number of fused-ring (bicyclic) bond motifs is 5. The number of hydrogen-bond acceptors (Lipinski definition) is 3. The first kappa shape index (κ1) is 16.6. The molecular weight excluding hydrogens is 336 g/mol. The van der Waals surface area contributed by atoms with E-state index in [0.717, 1.165) is 6.42 Å². The summed E-state index contributed by atoms with van der Waals surface area (Å²) in [4.78, 5) is 12.3. The third-order valence-electron chi connectivity index (χ3n) is 6.02. The molecule has 1 fully saturated rings. The number of carbonyl (C=O) groups excluding carboxylic acids is 1. The summed E-state index contributed by atoms with van der Waals surface area (Å²) in [7, 11) is 0. The van der Waals surface area contributed by atoms with E-state index in [4.69, 9.17) is 4.74 Å². The lowest BCUT2D eigenvalue weighted by atomic mass is 9.98. The van der Waals surface area contributed by atoms with Crippen LogP contribution in [0.5, 0.6) is 0 Å². The molecule has 2 aromatic carbocycles. The number of carbonyl (C=O) groups is 1. The highest BCUT2D eigenvalue weighted by Gasteiger charge is 2.30. The van der Waals surface area contributed by atoms with E-state index in [1.807, 2.05) is 0 Å². The molecule has 138 valence electrons. The molecule has 2 bridgehead atoms. The lowest BCUT2D eigenvalue weighted by Crippen LogP contribution is -2.36. The molecule has 27 heavy (non-hydrogen) atoms. The number of nitrogens with one attached hydrogen (secondary N) is 2. The normalized spacial score (nSPS) is 22.7. The van der Waals surface area contributed by atoms with Crippen molar-refractivity contribution in [3.8, 4) is 11.1 Å². The second-order valence-electron chi connectivity index (χ2n) is 7.76. The fourth-order valence-corrected chi connectivity index (χ4v) is 4.78. The summed E-state index contributed by atoms with van der Waals surface area (Å²) in [6.45, 7) is 0.955. The summed E-state index contributed by atoms with van der Waals surface area (Å²) in [6.07, 6.45) is 5.41. The van der Waals surface area contributed by atoms with Crippen LogP contribution in [0, 0.1) is 0 Å². The highest BCUT2D eigenvalue weighted by atomic mass is 16.5. The van der Waals surface area contributed by atoms with Gasteiger partial charge in [-0.3, -0.25) is 0 Å². The molecule has 5 rings (SSSR count). The van der Waals surface area contributed by atoms with Gasteiger partial charge in [-0.1, -0.05) is 60.2 Å². The summed E-state index contributed by atoms with van der Waals surface area (Å²) >= 11 is 0. The molecule has 0 aromatic heterocycles. The van der Waals surface area contributed by atoms with Gasteiger partial charge in [0, 0.05) is 24.5 Å². The van der Waals surface area contributed by atoms with Gasteiger partial charge in [-0.2, -0.15) is 0 Å². The minimum atomic E-state index is -0.330. The third-order valence-corrected chi connectivity index (χ3v) is 6.02.